The van der Waals surface area contributed by atoms with Crippen molar-refractivity contribution in [3.05, 3.63) is 64.7 Å². The van der Waals surface area contributed by atoms with Crippen LogP contribution >= 0.6 is 0 Å². The second kappa shape index (κ2) is 5.26. The summed E-state index contributed by atoms with van der Waals surface area (Å²) in [6, 6.07) is 14.3. The molecule has 2 aromatic carbocycles. The number of benzene rings is 2. The molecule has 23 heavy (non-hydrogen) atoms. The fourth-order valence-corrected chi connectivity index (χ4v) is 4.14. The Balaban J connectivity index is 2.01. The molecule has 1 heteroatoms. The summed E-state index contributed by atoms with van der Waals surface area (Å²) in [5.41, 5.74) is 7.10. The van der Waals surface area contributed by atoms with Gasteiger partial charge >= 0.3 is 0 Å². The molecule has 1 aliphatic carbocycles. The molecule has 0 atom stereocenters. The van der Waals surface area contributed by atoms with Crippen molar-refractivity contribution >= 4 is 11.6 Å². The largest absolute Gasteiger partial charge is 0.508 e. The molecular formula is C22H26O. The van der Waals surface area contributed by atoms with Crippen LogP contribution in [0, 0.1) is 0 Å². The topological polar surface area (TPSA) is 20.2 Å². The molecule has 0 saturated carbocycles. The minimum atomic E-state index is 0.230. The van der Waals surface area contributed by atoms with Crippen LogP contribution in [0.4, 0.5) is 0 Å². The molecule has 1 N–H and O–H groups in total. The highest BCUT2D eigenvalue weighted by Crippen LogP contribution is 2.49. The van der Waals surface area contributed by atoms with Crippen molar-refractivity contribution in [1.29, 1.82) is 0 Å². The zero-order chi connectivity index (χ0) is 16.8. The van der Waals surface area contributed by atoms with Gasteiger partial charge in [0.2, 0.25) is 0 Å². The Morgan fingerprint density at radius 1 is 0.913 bits per heavy atom. The number of phenolic OH excluding ortho intramolecular Hbond substituents is 1. The minimum Gasteiger partial charge on any atom is -0.508 e. The number of rotatable bonds is 2. The van der Waals surface area contributed by atoms with E-state index in [1.165, 1.54) is 28.7 Å². The van der Waals surface area contributed by atoms with Gasteiger partial charge in [-0.1, -0.05) is 64.1 Å². The van der Waals surface area contributed by atoms with Gasteiger partial charge in [-0.3, -0.25) is 0 Å². The lowest BCUT2D eigenvalue weighted by Gasteiger charge is -2.22. The van der Waals surface area contributed by atoms with Crippen LogP contribution in [0.1, 0.15) is 63.3 Å². The molecule has 0 fully saturated rings. The maximum absolute atomic E-state index is 9.40. The zero-order valence-corrected chi connectivity index (χ0v) is 14.8. The first-order chi connectivity index (χ1) is 10.7. The molecular weight excluding hydrogens is 280 g/mol. The van der Waals surface area contributed by atoms with Crippen LogP contribution in [0.2, 0.25) is 0 Å². The average molecular weight is 306 g/mol. The lowest BCUT2D eigenvalue weighted by molar-refractivity contribution is 0.403. The lowest BCUT2D eigenvalue weighted by atomic mass is 9.82. The van der Waals surface area contributed by atoms with Gasteiger partial charge in [0.1, 0.15) is 5.75 Å². The molecule has 0 aliphatic heterocycles. The summed E-state index contributed by atoms with van der Waals surface area (Å²) in [6.07, 6.45) is 3.37. The molecule has 0 unspecified atom stereocenters. The van der Waals surface area contributed by atoms with Crippen molar-refractivity contribution in [2.45, 2.75) is 51.9 Å². The van der Waals surface area contributed by atoms with Crippen molar-refractivity contribution < 1.29 is 5.11 Å². The highest BCUT2D eigenvalue weighted by atomic mass is 16.3. The number of allylic oxidation sites excluding steroid dienone is 1. The third-order valence-corrected chi connectivity index (χ3v) is 5.09. The van der Waals surface area contributed by atoms with Crippen LogP contribution in [0.5, 0.6) is 5.75 Å². The summed E-state index contributed by atoms with van der Waals surface area (Å²) in [7, 11) is 0. The lowest BCUT2D eigenvalue weighted by Crippen LogP contribution is -2.17. The summed E-state index contributed by atoms with van der Waals surface area (Å²) in [6.45, 7) is 11.5. The predicted molar refractivity (Wildman–Crippen MR) is 98.8 cm³/mol. The fraction of sp³-hybridized carbons (Fsp3) is 0.364. The first-order valence-electron chi connectivity index (χ1n) is 8.32. The highest BCUT2D eigenvalue weighted by molar-refractivity contribution is 5.81. The van der Waals surface area contributed by atoms with E-state index in [2.05, 4.69) is 58.9 Å². The zero-order valence-electron chi connectivity index (χ0n) is 14.8. The van der Waals surface area contributed by atoms with Gasteiger partial charge in [0.05, 0.1) is 0 Å². The van der Waals surface area contributed by atoms with Crippen molar-refractivity contribution in [3.63, 3.8) is 0 Å². The number of fused-ring (bicyclic) bond motifs is 1. The molecule has 0 spiro atoms. The first-order valence-corrected chi connectivity index (χ1v) is 8.32. The van der Waals surface area contributed by atoms with E-state index in [0.29, 0.717) is 5.75 Å². The minimum absolute atomic E-state index is 0.230. The normalized spacial score (nSPS) is 18.7. The smallest absolute Gasteiger partial charge is 0.115 e. The van der Waals surface area contributed by atoms with Crippen LogP contribution in [0.25, 0.3) is 11.6 Å². The van der Waals surface area contributed by atoms with Crippen molar-refractivity contribution in [2.75, 3.05) is 0 Å². The van der Waals surface area contributed by atoms with Gasteiger partial charge in [-0.25, -0.2) is 0 Å². The molecule has 2 aromatic rings. The van der Waals surface area contributed by atoms with Crippen LogP contribution in [0.3, 0.4) is 0 Å². The van der Waals surface area contributed by atoms with Crippen molar-refractivity contribution in [3.8, 4) is 5.75 Å². The van der Waals surface area contributed by atoms with Crippen molar-refractivity contribution in [1.82, 2.24) is 0 Å². The first kappa shape index (κ1) is 15.9. The fourth-order valence-electron chi connectivity index (χ4n) is 4.14. The molecule has 120 valence electrons. The van der Waals surface area contributed by atoms with E-state index in [4.69, 9.17) is 0 Å². The van der Waals surface area contributed by atoms with E-state index in [0.717, 1.165) is 5.56 Å². The highest BCUT2D eigenvalue weighted by Gasteiger charge is 2.41. The second-order valence-electron chi connectivity index (χ2n) is 8.12. The standard InChI is InChI=1S/C22H26O/c1-15(12-16-6-9-18(23)10-7-16)17-8-11-19-20(13-17)22(4,5)14-21(19,2)3/h6-13,23H,14H2,1-5H3/b15-12+. The summed E-state index contributed by atoms with van der Waals surface area (Å²) in [5, 5.41) is 9.40. The molecule has 0 heterocycles. The Labute approximate surface area is 139 Å². The molecule has 3 rings (SSSR count). The third-order valence-electron chi connectivity index (χ3n) is 5.09. The summed E-state index contributed by atoms with van der Waals surface area (Å²) in [4.78, 5) is 0. The Hall–Kier alpha value is -2.02. The van der Waals surface area contributed by atoms with Gasteiger partial charge in [0.15, 0.2) is 0 Å². The number of phenols is 1. The van der Waals surface area contributed by atoms with Gasteiger partial charge < -0.3 is 5.11 Å². The monoisotopic (exact) mass is 306 g/mol. The number of hydrogen-bond donors (Lipinski definition) is 1. The molecule has 0 amide bonds. The molecule has 1 aliphatic rings. The van der Waals surface area contributed by atoms with Gasteiger partial charge in [-0.2, -0.15) is 0 Å². The summed E-state index contributed by atoms with van der Waals surface area (Å²) >= 11 is 0. The second-order valence-corrected chi connectivity index (χ2v) is 8.12. The molecule has 0 bridgehead atoms. The van der Waals surface area contributed by atoms with Crippen LogP contribution in [0.15, 0.2) is 42.5 Å². The van der Waals surface area contributed by atoms with Crippen LogP contribution in [-0.4, -0.2) is 5.11 Å². The average Bonchev–Trinajstić information content (AvgIpc) is 2.66. The van der Waals surface area contributed by atoms with E-state index in [1.807, 2.05) is 12.1 Å². The van der Waals surface area contributed by atoms with Crippen LogP contribution in [-0.2, 0) is 10.8 Å². The van der Waals surface area contributed by atoms with Gasteiger partial charge in [-0.05, 0) is 64.1 Å². The van der Waals surface area contributed by atoms with E-state index in [1.54, 1.807) is 12.1 Å². The summed E-state index contributed by atoms with van der Waals surface area (Å²) < 4.78 is 0. The van der Waals surface area contributed by atoms with E-state index < -0.39 is 0 Å². The van der Waals surface area contributed by atoms with Gasteiger partial charge in [-0.15, -0.1) is 0 Å². The maximum atomic E-state index is 9.40. The predicted octanol–water partition coefficient (Wildman–Crippen LogP) is 5.91. The quantitative estimate of drug-likeness (QED) is 0.684. The van der Waals surface area contributed by atoms with E-state index in [-0.39, 0.29) is 10.8 Å². The number of hydrogen-bond acceptors (Lipinski definition) is 1. The van der Waals surface area contributed by atoms with Gasteiger partial charge in [0.25, 0.3) is 0 Å². The Kier molecular flexibility index (Phi) is 3.63. The molecule has 0 saturated heterocycles. The maximum Gasteiger partial charge on any atom is 0.115 e. The summed E-state index contributed by atoms with van der Waals surface area (Å²) in [5.74, 6) is 0.307. The Morgan fingerprint density at radius 3 is 2.17 bits per heavy atom. The van der Waals surface area contributed by atoms with Crippen molar-refractivity contribution in [2.24, 2.45) is 0 Å². The molecule has 1 nitrogen and oxygen atoms in total. The SMILES string of the molecule is C/C(=C\c1ccc(O)cc1)c1ccc2c(c1)C(C)(C)CC2(C)C. The molecule has 0 radical (unpaired) electrons. The molecule has 0 aromatic heterocycles. The number of aromatic hydroxyl groups is 1. The Morgan fingerprint density at radius 2 is 1.52 bits per heavy atom. The third kappa shape index (κ3) is 2.93. The van der Waals surface area contributed by atoms with Gasteiger partial charge in [0, 0.05) is 0 Å². The van der Waals surface area contributed by atoms with E-state index >= 15 is 0 Å². The Bertz CT molecular complexity index is 761. The van der Waals surface area contributed by atoms with E-state index in [9.17, 15) is 5.11 Å². The van der Waals surface area contributed by atoms with Crippen LogP contribution < -0.4 is 0 Å².